The van der Waals surface area contributed by atoms with Crippen molar-refractivity contribution in [2.24, 2.45) is 0 Å². The number of hydrogen-bond donors (Lipinski definition) is 2. The summed E-state index contributed by atoms with van der Waals surface area (Å²) < 4.78 is 0. The molecule has 0 saturated carbocycles. The number of thiol groups is 2. The van der Waals surface area contributed by atoms with E-state index in [0.717, 1.165) is 11.5 Å². The van der Waals surface area contributed by atoms with Crippen LogP contribution >= 0.6 is 25.3 Å². The van der Waals surface area contributed by atoms with Crippen molar-refractivity contribution < 1.29 is 31.0 Å². The second-order valence-electron chi connectivity index (χ2n) is 1.15. The van der Waals surface area contributed by atoms with Gasteiger partial charge in [0, 0.05) is 0 Å². The molecule has 0 saturated heterocycles. The zero-order valence-corrected chi connectivity index (χ0v) is 8.51. The minimum absolute atomic E-state index is 0. The predicted octanol–water partition coefficient (Wildman–Crippen LogP) is -1.26. The molecule has 0 aliphatic rings. The predicted molar refractivity (Wildman–Crippen MR) is 38.1 cm³/mol. The second kappa shape index (κ2) is 10.6. The third-order valence-corrected chi connectivity index (χ3v) is 1.20. The van der Waals surface area contributed by atoms with E-state index in [1.54, 1.807) is 0 Å². The smallest absolute Gasteiger partial charge is 1.00 e. The molecule has 0 heterocycles. The van der Waals surface area contributed by atoms with Gasteiger partial charge in [0.05, 0.1) is 0 Å². The Morgan fingerprint density at radius 3 is 1.43 bits per heavy atom. The largest absolute Gasteiger partial charge is 1.00 e. The molecule has 0 amide bonds. The molecule has 0 aromatic heterocycles. The summed E-state index contributed by atoms with van der Waals surface area (Å²) >= 11 is 8.04. The molecular formula is C4H11NaS2. The van der Waals surface area contributed by atoms with Crippen molar-refractivity contribution >= 4 is 25.3 Å². The molecule has 40 valence electrons. The van der Waals surface area contributed by atoms with Crippen LogP contribution in [0.15, 0.2) is 0 Å². The molecule has 0 bridgehead atoms. The second-order valence-corrected chi connectivity index (χ2v) is 2.05. The molecule has 0 fully saturated rings. The third-order valence-electron chi connectivity index (χ3n) is 0.566. The summed E-state index contributed by atoms with van der Waals surface area (Å²) in [7, 11) is 0. The zero-order chi connectivity index (χ0) is 4.83. The van der Waals surface area contributed by atoms with Crippen molar-refractivity contribution in [3.05, 3.63) is 0 Å². The Bertz CT molecular complexity index is 26.0. The van der Waals surface area contributed by atoms with Crippen LogP contribution in [0, 0.1) is 0 Å². The Morgan fingerprint density at radius 1 is 1.00 bits per heavy atom. The molecule has 3 heteroatoms. The van der Waals surface area contributed by atoms with Crippen molar-refractivity contribution in [2.75, 3.05) is 11.5 Å². The van der Waals surface area contributed by atoms with Crippen molar-refractivity contribution in [1.29, 1.82) is 0 Å². The first-order valence-electron chi connectivity index (χ1n) is 2.13. The summed E-state index contributed by atoms with van der Waals surface area (Å²) in [6, 6.07) is 0. The Kier molecular flexibility index (Phi) is 17.5. The summed E-state index contributed by atoms with van der Waals surface area (Å²) in [5.41, 5.74) is 0. The fraction of sp³-hybridized carbons (Fsp3) is 1.00. The number of unbranched alkanes of at least 4 members (excludes halogenated alkanes) is 1. The van der Waals surface area contributed by atoms with Crippen LogP contribution in [0.2, 0.25) is 0 Å². The standard InChI is InChI=1S/C4H10S2.Na.H/c5-3-1-2-4-6;;/h5-6H,1-4H2;;/q;+1;-1. The van der Waals surface area contributed by atoms with E-state index in [0.29, 0.717) is 0 Å². The van der Waals surface area contributed by atoms with Crippen LogP contribution in [0.25, 0.3) is 0 Å². The maximum atomic E-state index is 4.02. The Hall–Kier alpha value is 1.70. The van der Waals surface area contributed by atoms with E-state index in [-0.39, 0.29) is 31.0 Å². The quantitative estimate of drug-likeness (QED) is 0.277. The summed E-state index contributed by atoms with van der Waals surface area (Å²) in [5.74, 6) is 2.00. The zero-order valence-electron chi connectivity index (χ0n) is 5.72. The summed E-state index contributed by atoms with van der Waals surface area (Å²) in [6.07, 6.45) is 2.40. The summed E-state index contributed by atoms with van der Waals surface area (Å²) in [6.45, 7) is 0. The first-order chi connectivity index (χ1) is 2.91. The summed E-state index contributed by atoms with van der Waals surface area (Å²) in [5, 5.41) is 0. The van der Waals surface area contributed by atoms with Crippen LogP contribution in [0.5, 0.6) is 0 Å². The van der Waals surface area contributed by atoms with Gasteiger partial charge in [0.1, 0.15) is 0 Å². The van der Waals surface area contributed by atoms with E-state index in [1.165, 1.54) is 12.8 Å². The maximum absolute atomic E-state index is 4.02. The van der Waals surface area contributed by atoms with Crippen LogP contribution in [-0.4, -0.2) is 11.5 Å². The van der Waals surface area contributed by atoms with Gasteiger partial charge in [-0.15, -0.1) is 0 Å². The molecule has 7 heavy (non-hydrogen) atoms. The fourth-order valence-electron chi connectivity index (χ4n) is 0.224. The molecule has 0 unspecified atom stereocenters. The van der Waals surface area contributed by atoms with Crippen LogP contribution in [0.4, 0.5) is 0 Å². The molecule has 0 aromatic rings. The van der Waals surface area contributed by atoms with Gasteiger partial charge in [0.25, 0.3) is 0 Å². The molecule has 0 nitrogen and oxygen atoms in total. The van der Waals surface area contributed by atoms with Gasteiger partial charge in [-0.25, -0.2) is 0 Å². The van der Waals surface area contributed by atoms with E-state index < -0.39 is 0 Å². The van der Waals surface area contributed by atoms with Gasteiger partial charge in [0.15, 0.2) is 0 Å². The Labute approximate surface area is 80.0 Å². The first-order valence-corrected chi connectivity index (χ1v) is 3.40. The molecule has 0 aromatic carbocycles. The third kappa shape index (κ3) is 11.3. The maximum Gasteiger partial charge on any atom is 1.00 e. The van der Waals surface area contributed by atoms with Crippen LogP contribution in [-0.2, 0) is 0 Å². The SMILES string of the molecule is SCCCCS.[H-].[Na+]. The van der Waals surface area contributed by atoms with Gasteiger partial charge in [-0.05, 0) is 24.3 Å². The van der Waals surface area contributed by atoms with Gasteiger partial charge in [-0.1, -0.05) is 0 Å². The minimum Gasteiger partial charge on any atom is -1.00 e. The number of hydrogen-bond acceptors (Lipinski definition) is 2. The fourth-order valence-corrected chi connectivity index (χ4v) is 0.671. The molecule has 0 radical (unpaired) electrons. The average Bonchev–Trinajstić information content (AvgIpc) is 1.61. The van der Waals surface area contributed by atoms with E-state index in [1.807, 2.05) is 0 Å². The van der Waals surface area contributed by atoms with Gasteiger partial charge < -0.3 is 1.43 Å². The normalized spacial score (nSPS) is 7.71. The molecule has 0 aliphatic heterocycles. The van der Waals surface area contributed by atoms with Crippen molar-refractivity contribution in [1.82, 2.24) is 0 Å². The van der Waals surface area contributed by atoms with Crippen LogP contribution in [0.3, 0.4) is 0 Å². The molecule has 0 aliphatic carbocycles. The molecular weight excluding hydrogens is 135 g/mol. The molecule has 0 spiro atoms. The van der Waals surface area contributed by atoms with Crippen molar-refractivity contribution in [2.45, 2.75) is 12.8 Å². The first kappa shape index (κ1) is 11.5. The van der Waals surface area contributed by atoms with E-state index >= 15 is 0 Å². The van der Waals surface area contributed by atoms with Gasteiger partial charge in [-0.3, -0.25) is 0 Å². The van der Waals surface area contributed by atoms with E-state index in [9.17, 15) is 0 Å². The average molecular weight is 146 g/mol. The van der Waals surface area contributed by atoms with Gasteiger partial charge >= 0.3 is 29.6 Å². The minimum atomic E-state index is 0. The molecule has 0 N–H and O–H groups in total. The Balaban J connectivity index is -0.000000125. The van der Waals surface area contributed by atoms with Crippen LogP contribution < -0.4 is 29.6 Å². The summed E-state index contributed by atoms with van der Waals surface area (Å²) in [4.78, 5) is 0. The molecule has 0 atom stereocenters. The monoisotopic (exact) mass is 146 g/mol. The van der Waals surface area contributed by atoms with Gasteiger partial charge in [-0.2, -0.15) is 25.3 Å². The number of rotatable bonds is 3. The van der Waals surface area contributed by atoms with Crippen molar-refractivity contribution in [3.63, 3.8) is 0 Å². The van der Waals surface area contributed by atoms with Crippen LogP contribution in [0.1, 0.15) is 14.3 Å². The van der Waals surface area contributed by atoms with E-state index in [2.05, 4.69) is 25.3 Å². The van der Waals surface area contributed by atoms with Gasteiger partial charge in [0.2, 0.25) is 0 Å². The topological polar surface area (TPSA) is 0 Å². The van der Waals surface area contributed by atoms with E-state index in [4.69, 9.17) is 0 Å². The van der Waals surface area contributed by atoms with Crippen molar-refractivity contribution in [3.8, 4) is 0 Å². The Morgan fingerprint density at radius 2 is 1.29 bits per heavy atom. The molecule has 0 rings (SSSR count).